The van der Waals surface area contributed by atoms with Crippen molar-refractivity contribution in [3.63, 3.8) is 0 Å². The molecule has 5 atom stereocenters. The number of phenols is 1. The molecular weight excluding hydrogens is 726 g/mol. The number of carbonyl (C=O) groups is 2. The molecule has 15 heteroatoms. The fourth-order valence-electron chi connectivity index (χ4n) is 9.15. The molecule has 4 aromatic rings. The number of terminal acetylenes is 1. The number of piperazine rings is 1. The van der Waals surface area contributed by atoms with Crippen LogP contribution < -0.4 is 14.4 Å². The minimum absolute atomic E-state index is 0.0104. The van der Waals surface area contributed by atoms with Crippen LogP contribution in [0.25, 0.3) is 32.9 Å². The van der Waals surface area contributed by atoms with E-state index in [1.807, 2.05) is 4.90 Å². The highest BCUT2D eigenvalue weighted by Crippen LogP contribution is 2.51. The van der Waals surface area contributed by atoms with Crippen LogP contribution in [-0.2, 0) is 14.3 Å². The number of pyridine rings is 1. The first-order valence-corrected chi connectivity index (χ1v) is 19.1. The molecule has 1 amide bonds. The monoisotopic (exact) mass is 768 g/mol. The number of hydrogen-bond donors (Lipinski definition) is 1. The standard InChI is InChI=1S/C41H42F2N6O7/c1-5-29-31(42)9-6-23-13-28(51)14-30(32(23)29)35-34(43)36-33(38(44-35)53-4)37(46-39(45-36)54-20-41(10-11-41)19-47-15-24-12-25(24)16-47)48-17-26-7-8-27(18-48)49(26)40(52)56-22(3)55-21(2)50/h1,6,9,13-14,22,24-27,51H,7-8,10-12,15-20H2,2-4H3. The number of aromatic hydroxyl groups is 1. The van der Waals surface area contributed by atoms with E-state index in [1.54, 1.807) is 4.90 Å². The molecule has 5 fully saturated rings. The van der Waals surface area contributed by atoms with Crippen molar-refractivity contribution in [3.05, 3.63) is 41.5 Å². The molecule has 5 heterocycles. The second kappa shape index (κ2) is 13.6. The van der Waals surface area contributed by atoms with Gasteiger partial charge in [0.05, 0.1) is 31.4 Å². The number of hydrogen-bond acceptors (Lipinski definition) is 12. The van der Waals surface area contributed by atoms with Crippen LogP contribution in [0.5, 0.6) is 17.6 Å². The predicted molar refractivity (Wildman–Crippen MR) is 200 cm³/mol. The van der Waals surface area contributed by atoms with Crippen LogP contribution in [0, 0.1) is 41.2 Å². The summed E-state index contributed by atoms with van der Waals surface area (Å²) in [5.74, 6) is 1.99. The Morgan fingerprint density at radius 1 is 1.04 bits per heavy atom. The van der Waals surface area contributed by atoms with Crippen LogP contribution in [0.1, 0.15) is 51.5 Å². The van der Waals surface area contributed by atoms with Gasteiger partial charge in [0.25, 0.3) is 0 Å². The number of amides is 1. The highest BCUT2D eigenvalue weighted by molar-refractivity contribution is 6.04. The first-order valence-electron chi connectivity index (χ1n) is 19.1. The van der Waals surface area contributed by atoms with Crippen molar-refractivity contribution in [2.24, 2.45) is 17.3 Å². The van der Waals surface area contributed by atoms with Crippen LogP contribution in [0.15, 0.2) is 24.3 Å². The summed E-state index contributed by atoms with van der Waals surface area (Å²) < 4.78 is 55.1. The molecule has 1 N–H and O–H groups in total. The Morgan fingerprint density at radius 3 is 2.43 bits per heavy atom. The van der Waals surface area contributed by atoms with Gasteiger partial charge in [0.15, 0.2) is 5.82 Å². The summed E-state index contributed by atoms with van der Waals surface area (Å²) in [5, 5.41) is 11.5. The van der Waals surface area contributed by atoms with Crippen molar-refractivity contribution in [1.29, 1.82) is 0 Å². The molecule has 2 aromatic carbocycles. The van der Waals surface area contributed by atoms with Gasteiger partial charge in [-0.05, 0) is 67.5 Å². The number of carbonyl (C=O) groups excluding carboxylic acids is 2. The van der Waals surface area contributed by atoms with E-state index in [4.69, 9.17) is 30.4 Å². The molecule has 0 radical (unpaired) electrons. The van der Waals surface area contributed by atoms with Crippen molar-refractivity contribution in [3.8, 4) is 41.2 Å². The maximum Gasteiger partial charge on any atom is 0.413 e. The van der Waals surface area contributed by atoms with E-state index in [0.717, 1.165) is 44.3 Å². The third-order valence-electron chi connectivity index (χ3n) is 12.0. The molecule has 2 aromatic heterocycles. The summed E-state index contributed by atoms with van der Waals surface area (Å²) in [6.07, 6.45) is 8.79. The minimum Gasteiger partial charge on any atom is -0.508 e. The average Bonchev–Trinajstić information content (AvgIpc) is 4.04. The van der Waals surface area contributed by atoms with E-state index in [9.17, 15) is 14.7 Å². The second-order valence-electron chi connectivity index (χ2n) is 16.0. The normalized spacial score (nSPS) is 23.8. The number of phenolic OH excluding ortho intramolecular Hbond substituents is 1. The third-order valence-corrected chi connectivity index (χ3v) is 12.0. The number of aromatic nitrogens is 3. The number of anilines is 1. The first-order chi connectivity index (χ1) is 26.9. The zero-order valence-electron chi connectivity index (χ0n) is 31.4. The lowest BCUT2D eigenvalue weighted by Crippen LogP contribution is -2.56. The molecule has 292 valence electrons. The molecule has 5 unspecified atom stereocenters. The molecule has 9 rings (SSSR count). The summed E-state index contributed by atoms with van der Waals surface area (Å²) >= 11 is 0. The lowest BCUT2D eigenvalue weighted by Gasteiger charge is -2.41. The third kappa shape index (κ3) is 6.43. The van der Waals surface area contributed by atoms with Crippen molar-refractivity contribution in [2.75, 3.05) is 51.3 Å². The van der Waals surface area contributed by atoms with E-state index in [2.05, 4.69) is 20.8 Å². The zero-order valence-corrected chi connectivity index (χ0v) is 31.4. The average molecular weight is 769 g/mol. The van der Waals surface area contributed by atoms with Crippen molar-refractivity contribution >= 4 is 39.6 Å². The highest BCUT2D eigenvalue weighted by atomic mass is 19.1. The van der Waals surface area contributed by atoms with Gasteiger partial charge in [-0.25, -0.2) is 18.6 Å². The van der Waals surface area contributed by atoms with Gasteiger partial charge in [0.2, 0.25) is 12.2 Å². The second-order valence-corrected chi connectivity index (χ2v) is 16.0. The minimum atomic E-state index is -1.06. The largest absolute Gasteiger partial charge is 0.508 e. The molecular formula is C41H42F2N6O7. The van der Waals surface area contributed by atoms with Crippen molar-refractivity contribution in [1.82, 2.24) is 24.8 Å². The molecule has 5 aliphatic rings. The van der Waals surface area contributed by atoms with Gasteiger partial charge in [0.1, 0.15) is 34.0 Å². The van der Waals surface area contributed by atoms with E-state index < -0.39 is 30.0 Å². The molecule has 3 aliphatic heterocycles. The summed E-state index contributed by atoms with van der Waals surface area (Å²) in [5.41, 5.74) is -0.491. The number of fused-ring (bicyclic) bond motifs is 5. The Kier molecular flexibility index (Phi) is 8.79. The maximum atomic E-state index is 17.3. The van der Waals surface area contributed by atoms with Crippen LogP contribution in [-0.4, -0.2) is 107 Å². The summed E-state index contributed by atoms with van der Waals surface area (Å²) in [6.45, 7) is 6.86. The molecule has 2 aliphatic carbocycles. The van der Waals surface area contributed by atoms with Gasteiger partial charge < -0.3 is 33.9 Å². The predicted octanol–water partition coefficient (Wildman–Crippen LogP) is 5.63. The number of methoxy groups -OCH3 is 1. The number of benzene rings is 2. The van der Waals surface area contributed by atoms with Crippen LogP contribution in [0.4, 0.5) is 19.4 Å². The Labute approximate surface area is 321 Å². The number of piperidine rings is 1. The Bertz CT molecular complexity index is 2310. The van der Waals surface area contributed by atoms with Crippen molar-refractivity contribution in [2.45, 2.75) is 64.3 Å². The van der Waals surface area contributed by atoms with Crippen molar-refractivity contribution < 1.29 is 42.4 Å². The van der Waals surface area contributed by atoms with Gasteiger partial charge in [0, 0.05) is 62.9 Å². The molecule has 2 saturated carbocycles. The molecule has 2 bridgehead atoms. The number of rotatable bonds is 10. The van der Waals surface area contributed by atoms with E-state index in [-0.39, 0.29) is 68.2 Å². The summed E-state index contributed by atoms with van der Waals surface area (Å²) in [7, 11) is 1.39. The highest BCUT2D eigenvalue weighted by Gasteiger charge is 2.51. The Balaban J connectivity index is 1.12. The van der Waals surface area contributed by atoms with Gasteiger partial charge >= 0.3 is 18.1 Å². The molecule has 3 saturated heterocycles. The van der Waals surface area contributed by atoms with E-state index >= 15 is 8.78 Å². The van der Waals surface area contributed by atoms with Crippen LogP contribution in [0.2, 0.25) is 0 Å². The molecule has 0 spiro atoms. The number of halogens is 2. The first kappa shape index (κ1) is 36.2. The quantitative estimate of drug-likeness (QED) is 0.122. The fraction of sp³-hybridized carbons (Fsp3) is 0.488. The maximum absolute atomic E-state index is 17.3. The van der Waals surface area contributed by atoms with Crippen LogP contribution >= 0.6 is 0 Å². The van der Waals surface area contributed by atoms with Crippen LogP contribution in [0.3, 0.4) is 0 Å². The van der Waals surface area contributed by atoms with Gasteiger partial charge in [-0.15, -0.1) is 6.42 Å². The fourth-order valence-corrected chi connectivity index (χ4v) is 9.15. The molecule has 13 nitrogen and oxygen atoms in total. The van der Waals surface area contributed by atoms with E-state index in [1.165, 1.54) is 51.6 Å². The lowest BCUT2D eigenvalue weighted by atomic mass is 9.95. The molecule has 56 heavy (non-hydrogen) atoms. The van der Waals surface area contributed by atoms with E-state index in [0.29, 0.717) is 43.7 Å². The number of ether oxygens (including phenoxy) is 4. The topological polar surface area (TPSA) is 140 Å². The number of likely N-dealkylation sites (tertiary alicyclic amines) is 1. The zero-order chi connectivity index (χ0) is 39.0. The summed E-state index contributed by atoms with van der Waals surface area (Å²) in [6, 6.07) is 4.75. The number of esters is 1. The van der Waals surface area contributed by atoms with Gasteiger partial charge in [-0.3, -0.25) is 9.69 Å². The number of nitrogens with zero attached hydrogens (tertiary/aromatic N) is 6. The Hall–Kier alpha value is -5.49. The SMILES string of the molecule is C#Cc1c(F)ccc2cc(O)cc(-c3nc(OC)c4c(N5CC6CCC(C5)N6C(=O)OC(C)OC(C)=O)nc(OCC5(CN6CC7CC7C6)CC5)nc4c3F)c12. The summed E-state index contributed by atoms with van der Waals surface area (Å²) in [4.78, 5) is 45.0. The Morgan fingerprint density at radius 2 is 1.77 bits per heavy atom. The lowest BCUT2D eigenvalue weighted by molar-refractivity contribution is -0.163. The van der Waals surface area contributed by atoms with Gasteiger partial charge in [-0.1, -0.05) is 12.0 Å². The smallest absolute Gasteiger partial charge is 0.413 e. The van der Waals surface area contributed by atoms with Gasteiger partial charge in [-0.2, -0.15) is 9.97 Å².